The largest absolute Gasteiger partial charge is 0.237 e. The molecule has 1 aromatic heterocycles. The summed E-state index contributed by atoms with van der Waals surface area (Å²) < 4.78 is 13.8. The SMILES string of the molecule is CC(C)C1CN(C)S(=O)c2ccsc21. The number of thiophene rings is 1. The van der Waals surface area contributed by atoms with Gasteiger partial charge in [0.1, 0.15) is 11.0 Å². The van der Waals surface area contributed by atoms with Gasteiger partial charge in [0, 0.05) is 24.4 Å². The zero-order chi connectivity index (χ0) is 10.3. The molecule has 2 atom stereocenters. The molecule has 0 aromatic carbocycles. The highest BCUT2D eigenvalue weighted by molar-refractivity contribution is 7.83. The molecular weight excluding hydrogens is 214 g/mol. The van der Waals surface area contributed by atoms with Crippen LogP contribution in [0.25, 0.3) is 0 Å². The second-order valence-corrected chi connectivity index (χ2v) is 6.57. The third kappa shape index (κ3) is 1.55. The quantitative estimate of drug-likeness (QED) is 0.724. The van der Waals surface area contributed by atoms with Crippen molar-refractivity contribution in [2.45, 2.75) is 24.7 Å². The van der Waals surface area contributed by atoms with Gasteiger partial charge in [-0.2, -0.15) is 0 Å². The van der Waals surface area contributed by atoms with Crippen molar-refractivity contribution < 1.29 is 4.21 Å². The lowest BCUT2D eigenvalue weighted by molar-refractivity contribution is 0.387. The van der Waals surface area contributed by atoms with Gasteiger partial charge in [-0.3, -0.25) is 0 Å². The minimum absolute atomic E-state index is 0.549. The van der Waals surface area contributed by atoms with Gasteiger partial charge in [-0.05, 0) is 17.4 Å². The maximum absolute atomic E-state index is 11.9. The first-order valence-electron chi connectivity index (χ1n) is 4.81. The third-order valence-corrected chi connectivity index (χ3v) is 5.35. The molecule has 4 heteroatoms. The smallest absolute Gasteiger partial charge is 0.128 e. The fourth-order valence-corrected chi connectivity index (χ4v) is 4.47. The Morgan fingerprint density at radius 3 is 3.00 bits per heavy atom. The van der Waals surface area contributed by atoms with Crippen LogP contribution in [0.5, 0.6) is 0 Å². The highest BCUT2D eigenvalue weighted by Crippen LogP contribution is 2.38. The topological polar surface area (TPSA) is 20.3 Å². The maximum Gasteiger partial charge on any atom is 0.128 e. The summed E-state index contributed by atoms with van der Waals surface area (Å²) in [4.78, 5) is 2.36. The Morgan fingerprint density at radius 2 is 2.36 bits per heavy atom. The van der Waals surface area contributed by atoms with Gasteiger partial charge in [0.2, 0.25) is 0 Å². The van der Waals surface area contributed by atoms with Crippen molar-refractivity contribution in [3.8, 4) is 0 Å². The van der Waals surface area contributed by atoms with Crippen molar-refractivity contribution in [2.24, 2.45) is 5.92 Å². The summed E-state index contributed by atoms with van der Waals surface area (Å²) in [6.45, 7) is 5.38. The van der Waals surface area contributed by atoms with E-state index in [2.05, 4.69) is 19.2 Å². The second-order valence-electron chi connectivity index (χ2n) is 4.06. The van der Waals surface area contributed by atoms with Gasteiger partial charge in [-0.1, -0.05) is 13.8 Å². The summed E-state index contributed by atoms with van der Waals surface area (Å²) >= 11 is 1.75. The zero-order valence-electron chi connectivity index (χ0n) is 8.69. The highest BCUT2D eigenvalue weighted by atomic mass is 32.2. The molecule has 0 amide bonds. The van der Waals surface area contributed by atoms with Crippen molar-refractivity contribution in [3.63, 3.8) is 0 Å². The van der Waals surface area contributed by atoms with E-state index in [0.717, 1.165) is 11.4 Å². The fourth-order valence-electron chi connectivity index (χ4n) is 1.83. The Balaban J connectivity index is 2.44. The average molecular weight is 229 g/mol. The van der Waals surface area contributed by atoms with Crippen LogP contribution in [0.4, 0.5) is 0 Å². The molecule has 1 aliphatic rings. The molecule has 2 unspecified atom stereocenters. The van der Waals surface area contributed by atoms with Crippen LogP contribution in [0.1, 0.15) is 24.6 Å². The van der Waals surface area contributed by atoms with Gasteiger partial charge in [-0.15, -0.1) is 11.3 Å². The molecule has 2 nitrogen and oxygen atoms in total. The molecule has 78 valence electrons. The van der Waals surface area contributed by atoms with Crippen LogP contribution in [0.2, 0.25) is 0 Å². The van der Waals surface area contributed by atoms with Crippen LogP contribution in [-0.2, 0) is 11.0 Å². The van der Waals surface area contributed by atoms with E-state index in [4.69, 9.17) is 0 Å². The molecule has 0 fully saturated rings. The molecule has 2 heterocycles. The molecular formula is C10H15NOS2. The van der Waals surface area contributed by atoms with E-state index in [9.17, 15) is 4.21 Å². The predicted octanol–water partition coefficient (Wildman–Crippen LogP) is 2.46. The normalized spacial score (nSPS) is 28.0. The number of nitrogens with zero attached hydrogens (tertiary/aromatic N) is 1. The van der Waals surface area contributed by atoms with Crippen molar-refractivity contribution in [2.75, 3.05) is 13.6 Å². The lowest BCUT2D eigenvalue weighted by atomic mass is 9.94. The minimum Gasteiger partial charge on any atom is -0.237 e. The van der Waals surface area contributed by atoms with Crippen LogP contribution in [0.15, 0.2) is 16.3 Å². The number of hydrogen-bond donors (Lipinski definition) is 0. The predicted molar refractivity (Wildman–Crippen MR) is 60.9 cm³/mol. The highest BCUT2D eigenvalue weighted by Gasteiger charge is 2.31. The van der Waals surface area contributed by atoms with Gasteiger partial charge in [0.25, 0.3) is 0 Å². The molecule has 0 N–H and O–H groups in total. The summed E-state index contributed by atoms with van der Waals surface area (Å²) in [7, 11) is 1.01. The van der Waals surface area contributed by atoms with Crippen LogP contribution in [0, 0.1) is 5.92 Å². The molecule has 0 bridgehead atoms. The Bertz CT molecular complexity index is 359. The molecule has 0 spiro atoms. The number of rotatable bonds is 1. The second kappa shape index (κ2) is 3.76. The molecule has 0 aliphatic carbocycles. The molecule has 0 saturated heterocycles. The molecule has 2 rings (SSSR count). The van der Waals surface area contributed by atoms with Crippen LogP contribution >= 0.6 is 11.3 Å². The molecule has 1 aromatic rings. The van der Waals surface area contributed by atoms with Crippen LogP contribution in [-0.4, -0.2) is 22.1 Å². The van der Waals surface area contributed by atoms with E-state index in [1.165, 1.54) is 4.88 Å². The lowest BCUT2D eigenvalue weighted by Gasteiger charge is -2.31. The van der Waals surface area contributed by atoms with E-state index in [-0.39, 0.29) is 0 Å². The first kappa shape index (κ1) is 10.3. The van der Waals surface area contributed by atoms with Crippen LogP contribution in [0.3, 0.4) is 0 Å². The maximum atomic E-state index is 11.9. The summed E-state index contributed by atoms with van der Waals surface area (Å²) in [5, 5.41) is 2.05. The standard InChI is InChI=1S/C10H15NOS2/c1-7(2)8-6-11(3)14(12)9-4-5-13-10(8)9/h4-5,7-8H,6H2,1-3H3. The van der Waals surface area contributed by atoms with Crippen LogP contribution < -0.4 is 0 Å². The molecule has 14 heavy (non-hydrogen) atoms. The molecule has 0 saturated carbocycles. The van der Waals surface area contributed by atoms with Gasteiger partial charge in [0.05, 0.1) is 4.90 Å². The third-order valence-electron chi connectivity index (χ3n) is 2.72. The van der Waals surface area contributed by atoms with E-state index >= 15 is 0 Å². The first-order valence-corrected chi connectivity index (χ1v) is 6.80. The van der Waals surface area contributed by atoms with Gasteiger partial charge in [0.15, 0.2) is 0 Å². The Hall–Kier alpha value is -0.190. The molecule has 1 aliphatic heterocycles. The summed E-state index contributed by atoms with van der Waals surface area (Å²) in [6.07, 6.45) is 0. The van der Waals surface area contributed by atoms with Gasteiger partial charge >= 0.3 is 0 Å². The summed E-state index contributed by atoms with van der Waals surface area (Å²) in [5.74, 6) is 1.17. The van der Waals surface area contributed by atoms with Crippen molar-refractivity contribution in [1.29, 1.82) is 0 Å². The Morgan fingerprint density at radius 1 is 1.64 bits per heavy atom. The Labute approximate surface area is 91.5 Å². The number of hydrogen-bond acceptors (Lipinski definition) is 2. The van der Waals surface area contributed by atoms with Crippen molar-refractivity contribution in [1.82, 2.24) is 4.31 Å². The minimum atomic E-state index is -0.922. The number of fused-ring (bicyclic) bond motifs is 1. The first-order chi connectivity index (χ1) is 6.61. The average Bonchev–Trinajstić information content (AvgIpc) is 2.59. The van der Waals surface area contributed by atoms with E-state index in [0.29, 0.717) is 11.8 Å². The van der Waals surface area contributed by atoms with Gasteiger partial charge in [-0.25, -0.2) is 8.51 Å². The number of likely N-dealkylation sites (N-methyl/N-ethyl adjacent to an activating group) is 1. The van der Waals surface area contributed by atoms with Crippen molar-refractivity contribution >= 4 is 22.3 Å². The van der Waals surface area contributed by atoms with E-state index in [1.54, 1.807) is 11.3 Å². The lowest BCUT2D eigenvalue weighted by Crippen LogP contribution is -2.33. The summed E-state index contributed by atoms with van der Waals surface area (Å²) in [6, 6.07) is 2.00. The summed E-state index contributed by atoms with van der Waals surface area (Å²) in [5.41, 5.74) is 0. The molecule has 0 radical (unpaired) electrons. The van der Waals surface area contributed by atoms with E-state index < -0.39 is 11.0 Å². The van der Waals surface area contributed by atoms with Crippen molar-refractivity contribution in [3.05, 3.63) is 16.3 Å². The van der Waals surface area contributed by atoms with E-state index in [1.807, 2.05) is 17.4 Å². The zero-order valence-corrected chi connectivity index (χ0v) is 10.3. The fraction of sp³-hybridized carbons (Fsp3) is 0.600. The Kier molecular flexibility index (Phi) is 2.77. The van der Waals surface area contributed by atoms with Gasteiger partial charge < -0.3 is 0 Å². The monoisotopic (exact) mass is 229 g/mol.